The Labute approximate surface area is 171 Å². The van der Waals surface area contributed by atoms with Gasteiger partial charge in [0.1, 0.15) is 5.67 Å². The van der Waals surface area contributed by atoms with Crippen molar-refractivity contribution in [3.63, 3.8) is 0 Å². The van der Waals surface area contributed by atoms with E-state index in [0.29, 0.717) is 42.1 Å². The van der Waals surface area contributed by atoms with Crippen molar-refractivity contribution < 1.29 is 9.18 Å². The molecule has 3 rings (SSSR count). The Kier molecular flexibility index (Phi) is 6.30. The maximum atomic E-state index is 13.8. The van der Waals surface area contributed by atoms with Crippen molar-refractivity contribution in [1.29, 1.82) is 5.41 Å². The minimum atomic E-state index is -1.12. The second-order valence-corrected chi connectivity index (χ2v) is 8.21. The first-order chi connectivity index (χ1) is 13.8. The van der Waals surface area contributed by atoms with Gasteiger partial charge in [-0.25, -0.2) is 4.39 Å². The molecule has 1 aromatic carbocycles. The molecule has 1 aromatic heterocycles. The lowest BCUT2D eigenvalue weighted by Crippen LogP contribution is -2.28. The van der Waals surface area contributed by atoms with Crippen molar-refractivity contribution in [3.05, 3.63) is 58.9 Å². The summed E-state index contributed by atoms with van der Waals surface area (Å²) in [4.78, 5) is 16.8. The number of anilines is 1. The third kappa shape index (κ3) is 5.62. The molecule has 1 aliphatic rings. The number of carbonyl (C=O) groups is 1. The fourth-order valence-corrected chi connectivity index (χ4v) is 3.13. The van der Waals surface area contributed by atoms with Crippen molar-refractivity contribution in [2.45, 2.75) is 57.7 Å². The van der Waals surface area contributed by atoms with Gasteiger partial charge in [-0.3, -0.25) is 9.78 Å². The Morgan fingerprint density at radius 3 is 2.55 bits per heavy atom. The number of aromatic nitrogens is 1. The first-order valence-corrected chi connectivity index (χ1v) is 10.1. The molecule has 0 bridgehead atoms. The van der Waals surface area contributed by atoms with Gasteiger partial charge < -0.3 is 16.0 Å². The zero-order chi connectivity index (χ0) is 21.0. The number of halogens is 1. The standard InChI is InChI=1S/C23H29FN4O/c1-15(2)18-6-4-17(5-7-18)10-22(29)28-16(3)20-11-19(12-25)21(13-26-20)27-14-23(24)8-9-23/h4-7,11-13,15-16,25,27H,8-10,14H2,1-3H3,(H,28,29). The molecule has 1 saturated carbocycles. The molecule has 6 heteroatoms. The molecule has 5 nitrogen and oxygen atoms in total. The third-order valence-corrected chi connectivity index (χ3v) is 5.33. The summed E-state index contributed by atoms with van der Waals surface area (Å²) in [5, 5.41) is 13.6. The summed E-state index contributed by atoms with van der Waals surface area (Å²) < 4.78 is 13.8. The van der Waals surface area contributed by atoms with E-state index < -0.39 is 5.67 Å². The molecule has 2 aromatic rings. The smallest absolute Gasteiger partial charge is 0.224 e. The van der Waals surface area contributed by atoms with Gasteiger partial charge in [0.25, 0.3) is 0 Å². The Balaban J connectivity index is 1.59. The van der Waals surface area contributed by atoms with Crippen LogP contribution in [-0.4, -0.2) is 29.3 Å². The normalized spacial score (nSPS) is 15.6. The Morgan fingerprint density at radius 1 is 1.28 bits per heavy atom. The lowest BCUT2D eigenvalue weighted by Gasteiger charge is -2.17. The zero-order valence-corrected chi connectivity index (χ0v) is 17.3. The maximum absolute atomic E-state index is 13.8. The van der Waals surface area contributed by atoms with Gasteiger partial charge in [-0.2, -0.15) is 0 Å². The second-order valence-electron chi connectivity index (χ2n) is 8.21. The van der Waals surface area contributed by atoms with Crippen LogP contribution in [-0.2, 0) is 11.2 Å². The Morgan fingerprint density at radius 2 is 1.97 bits per heavy atom. The van der Waals surface area contributed by atoms with Gasteiger partial charge in [-0.1, -0.05) is 38.1 Å². The number of hydrogen-bond donors (Lipinski definition) is 3. The summed E-state index contributed by atoms with van der Waals surface area (Å²) >= 11 is 0. The van der Waals surface area contributed by atoms with Crippen LogP contribution in [0.25, 0.3) is 0 Å². The van der Waals surface area contributed by atoms with Crippen LogP contribution in [0.1, 0.15) is 68.0 Å². The molecule has 0 spiro atoms. The van der Waals surface area contributed by atoms with E-state index in [9.17, 15) is 9.18 Å². The molecule has 0 radical (unpaired) electrons. The van der Waals surface area contributed by atoms with Crippen molar-refractivity contribution >= 4 is 17.8 Å². The third-order valence-electron chi connectivity index (χ3n) is 5.33. The Bertz CT molecular complexity index is 875. The summed E-state index contributed by atoms with van der Waals surface area (Å²) in [7, 11) is 0. The lowest BCUT2D eigenvalue weighted by molar-refractivity contribution is -0.121. The van der Waals surface area contributed by atoms with Crippen LogP contribution in [0.15, 0.2) is 36.5 Å². The molecule has 1 atom stereocenters. The van der Waals surface area contributed by atoms with Crippen LogP contribution in [0.4, 0.5) is 10.1 Å². The number of pyridine rings is 1. The van der Waals surface area contributed by atoms with E-state index in [1.165, 1.54) is 11.8 Å². The maximum Gasteiger partial charge on any atom is 0.224 e. The van der Waals surface area contributed by atoms with Crippen LogP contribution in [0.2, 0.25) is 0 Å². The molecule has 1 amide bonds. The largest absolute Gasteiger partial charge is 0.380 e. The number of benzene rings is 1. The second kappa shape index (κ2) is 8.72. The van der Waals surface area contributed by atoms with E-state index in [1.54, 1.807) is 12.3 Å². The minimum absolute atomic E-state index is 0.0803. The highest BCUT2D eigenvalue weighted by atomic mass is 19.1. The highest BCUT2D eigenvalue weighted by Gasteiger charge is 2.42. The lowest BCUT2D eigenvalue weighted by atomic mass is 10.0. The summed E-state index contributed by atoms with van der Waals surface area (Å²) in [5.41, 5.74) is 3.03. The molecule has 0 aliphatic heterocycles. The summed E-state index contributed by atoms with van der Waals surface area (Å²) in [6.45, 7) is 6.38. The van der Waals surface area contributed by atoms with Crippen LogP contribution >= 0.6 is 0 Å². The fraction of sp³-hybridized carbons (Fsp3) is 0.435. The van der Waals surface area contributed by atoms with Crippen LogP contribution in [0.5, 0.6) is 0 Å². The predicted molar refractivity (Wildman–Crippen MR) is 114 cm³/mol. The van der Waals surface area contributed by atoms with Gasteiger partial charge in [0.15, 0.2) is 0 Å². The summed E-state index contributed by atoms with van der Waals surface area (Å²) in [6, 6.07) is 9.57. The molecule has 0 saturated heterocycles. The van der Waals surface area contributed by atoms with Crippen molar-refractivity contribution in [2.24, 2.45) is 0 Å². The van der Waals surface area contributed by atoms with E-state index in [-0.39, 0.29) is 18.5 Å². The van der Waals surface area contributed by atoms with Gasteiger partial charge in [0.2, 0.25) is 5.91 Å². The highest BCUT2D eigenvalue weighted by molar-refractivity contribution is 5.85. The number of hydrogen-bond acceptors (Lipinski definition) is 4. The Hall–Kier alpha value is -2.76. The topological polar surface area (TPSA) is 77.9 Å². The van der Waals surface area contributed by atoms with Gasteiger partial charge in [-0.05, 0) is 42.9 Å². The summed E-state index contributed by atoms with van der Waals surface area (Å²) in [5.74, 6) is 0.382. The van der Waals surface area contributed by atoms with E-state index in [4.69, 9.17) is 5.41 Å². The first-order valence-electron chi connectivity index (χ1n) is 10.1. The average Bonchev–Trinajstić information content (AvgIpc) is 3.44. The predicted octanol–water partition coefficient (Wildman–Crippen LogP) is 4.54. The first kappa shape index (κ1) is 21.0. The van der Waals surface area contributed by atoms with Crippen molar-refractivity contribution in [1.82, 2.24) is 10.3 Å². The number of amides is 1. The molecule has 1 aliphatic carbocycles. The molecular formula is C23H29FN4O. The fourth-order valence-electron chi connectivity index (χ4n) is 3.13. The molecule has 154 valence electrons. The van der Waals surface area contributed by atoms with E-state index in [2.05, 4.69) is 41.6 Å². The monoisotopic (exact) mass is 396 g/mol. The summed E-state index contributed by atoms with van der Waals surface area (Å²) in [6.07, 6.45) is 4.28. The van der Waals surface area contributed by atoms with Gasteiger partial charge >= 0.3 is 0 Å². The number of alkyl halides is 1. The van der Waals surface area contributed by atoms with Gasteiger partial charge in [-0.15, -0.1) is 0 Å². The highest BCUT2D eigenvalue weighted by Crippen LogP contribution is 2.39. The van der Waals surface area contributed by atoms with Crippen molar-refractivity contribution in [2.75, 3.05) is 11.9 Å². The van der Waals surface area contributed by atoms with Crippen LogP contribution in [0, 0.1) is 5.41 Å². The average molecular weight is 397 g/mol. The molecule has 1 unspecified atom stereocenters. The quantitative estimate of drug-likeness (QED) is 0.545. The molecular weight excluding hydrogens is 367 g/mol. The number of rotatable bonds is 9. The molecule has 29 heavy (non-hydrogen) atoms. The number of carbonyl (C=O) groups excluding carboxylic acids is 1. The SMILES string of the molecule is CC(C)c1ccc(CC(=O)NC(C)c2cc(C=N)c(NCC3(F)CC3)cn2)cc1. The van der Waals surface area contributed by atoms with Gasteiger partial charge in [0, 0.05) is 18.3 Å². The van der Waals surface area contributed by atoms with Crippen LogP contribution < -0.4 is 10.6 Å². The molecule has 3 N–H and O–H groups in total. The molecule has 1 fully saturated rings. The number of nitrogens with zero attached hydrogens (tertiary/aromatic N) is 1. The van der Waals surface area contributed by atoms with Crippen LogP contribution in [0.3, 0.4) is 0 Å². The van der Waals surface area contributed by atoms with E-state index in [1.807, 2.05) is 19.1 Å². The number of nitrogens with one attached hydrogen (secondary N) is 3. The van der Waals surface area contributed by atoms with Gasteiger partial charge in [0.05, 0.1) is 30.0 Å². The molecule has 1 heterocycles. The van der Waals surface area contributed by atoms with E-state index in [0.717, 1.165) is 5.56 Å². The zero-order valence-electron chi connectivity index (χ0n) is 17.3. The van der Waals surface area contributed by atoms with Crippen molar-refractivity contribution in [3.8, 4) is 0 Å². The minimum Gasteiger partial charge on any atom is -0.380 e. The van der Waals surface area contributed by atoms with E-state index >= 15 is 0 Å².